The number of hydrazine groups is 1. The number of fused-ring (bicyclic) bond motifs is 10. The summed E-state index contributed by atoms with van der Waals surface area (Å²) in [5, 5.41) is 11.7. The zero-order chi connectivity index (χ0) is 27.6. The van der Waals surface area contributed by atoms with Crippen LogP contribution in [-0.2, 0) is 16.0 Å². The Morgan fingerprint density at radius 3 is 2.79 bits per heavy atom. The SMILES string of the molecule is CC1=NC2=CC3CCCc4ccc(F)cc4OC(C)CCCCOC4(C)CCN(CC4)C(=C1CC(=O)O)N2N3. The Morgan fingerprint density at radius 2 is 2.03 bits per heavy atom. The highest BCUT2D eigenvalue weighted by Crippen LogP contribution is 2.36. The number of ether oxygens (including phenoxy) is 2. The van der Waals surface area contributed by atoms with Crippen molar-refractivity contribution in [2.75, 3.05) is 19.7 Å². The van der Waals surface area contributed by atoms with E-state index in [1.807, 2.05) is 18.0 Å². The van der Waals surface area contributed by atoms with Gasteiger partial charge in [0.2, 0.25) is 0 Å². The van der Waals surface area contributed by atoms with E-state index in [1.54, 1.807) is 0 Å². The smallest absolute Gasteiger partial charge is 0.308 e. The van der Waals surface area contributed by atoms with E-state index in [2.05, 4.69) is 30.2 Å². The van der Waals surface area contributed by atoms with Crippen molar-refractivity contribution < 1.29 is 23.8 Å². The molecule has 39 heavy (non-hydrogen) atoms. The number of hydrogen-bond donors (Lipinski definition) is 2. The van der Waals surface area contributed by atoms with Crippen LogP contribution < -0.4 is 10.2 Å². The van der Waals surface area contributed by atoms with Gasteiger partial charge >= 0.3 is 5.97 Å². The second kappa shape index (κ2) is 11.7. The summed E-state index contributed by atoms with van der Waals surface area (Å²) in [6.45, 7) is 8.40. The first kappa shape index (κ1) is 27.6. The molecule has 1 saturated heterocycles. The molecule has 2 atom stereocenters. The van der Waals surface area contributed by atoms with Gasteiger partial charge in [0.25, 0.3) is 0 Å². The van der Waals surface area contributed by atoms with Crippen LogP contribution in [0.15, 0.2) is 46.5 Å². The fourth-order valence-corrected chi connectivity index (χ4v) is 5.98. The van der Waals surface area contributed by atoms with Crippen LogP contribution in [0.5, 0.6) is 5.75 Å². The third-order valence-electron chi connectivity index (χ3n) is 8.30. The van der Waals surface area contributed by atoms with E-state index in [-0.39, 0.29) is 30.0 Å². The second-order valence-corrected chi connectivity index (χ2v) is 11.5. The Hall–Kier alpha value is -2.91. The van der Waals surface area contributed by atoms with Crippen LogP contribution in [0.25, 0.3) is 0 Å². The Kier molecular flexibility index (Phi) is 8.28. The number of benzene rings is 1. The zero-order valence-corrected chi connectivity index (χ0v) is 23.3. The lowest BCUT2D eigenvalue weighted by Gasteiger charge is -2.45. The van der Waals surface area contributed by atoms with E-state index >= 15 is 0 Å². The average Bonchev–Trinajstić information content (AvgIpc) is 3.27. The molecule has 0 amide bonds. The molecule has 5 heterocycles. The number of aliphatic imine (C=N–C) groups is 1. The van der Waals surface area contributed by atoms with Crippen LogP contribution in [0, 0.1) is 5.82 Å². The quantitative estimate of drug-likeness (QED) is 0.536. The van der Waals surface area contributed by atoms with E-state index in [0.717, 1.165) is 92.9 Å². The van der Waals surface area contributed by atoms with Crippen molar-refractivity contribution in [3.63, 3.8) is 0 Å². The van der Waals surface area contributed by atoms with Gasteiger partial charge in [-0.3, -0.25) is 4.79 Å². The van der Waals surface area contributed by atoms with Crippen LogP contribution in [0.4, 0.5) is 4.39 Å². The summed E-state index contributed by atoms with van der Waals surface area (Å²) in [5.74, 6) is 1.20. The van der Waals surface area contributed by atoms with E-state index in [0.29, 0.717) is 12.4 Å². The number of nitrogens with zero attached hydrogens (tertiary/aromatic N) is 3. The molecular weight excluding hydrogens is 499 g/mol. The van der Waals surface area contributed by atoms with Crippen molar-refractivity contribution in [3.05, 3.63) is 52.9 Å². The molecule has 0 saturated carbocycles. The maximum atomic E-state index is 14.1. The molecule has 2 N–H and O–H groups in total. The number of piperidine rings is 1. The Balaban J connectivity index is 1.41. The van der Waals surface area contributed by atoms with Gasteiger partial charge in [-0.15, -0.1) is 0 Å². The molecule has 0 spiro atoms. The van der Waals surface area contributed by atoms with Crippen LogP contribution >= 0.6 is 0 Å². The van der Waals surface area contributed by atoms with Crippen molar-refractivity contribution in [2.45, 2.75) is 96.3 Å². The third kappa shape index (κ3) is 6.47. The summed E-state index contributed by atoms with van der Waals surface area (Å²) in [6, 6.07) is 4.89. The van der Waals surface area contributed by atoms with Gasteiger partial charge in [-0.2, -0.15) is 0 Å². The molecular formula is C30H41FN4O4. The van der Waals surface area contributed by atoms with Crippen molar-refractivity contribution in [1.82, 2.24) is 15.3 Å². The molecule has 6 rings (SSSR count). The maximum absolute atomic E-state index is 14.1. The number of carbonyl (C=O) groups is 1. The van der Waals surface area contributed by atoms with Gasteiger partial charge in [0.1, 0.15) is 23.2 Å². The van der Waals surface area contributed by atoms with Gasteiger partial charge in [-0.25, -0.2) is 19.8 Å². The summed E-state index contributed by atoms with van der Waals surface area (Å²) >= 11 is 0. The largest absolute Gasteiger partial charge is 0.490 e. The first-order valence-electron chi connectivity index (χ1n) is 14.3. The summed E-state index contributed by atoms with van der Waals surface area (Å²) in [5.41, 5.74) is 5.90. The summed E-state index contributed by atoms with van der Waals surface area (Å²) in [4.78, 5) is 18.9. The van der Waals surface area contributed by atoms with Gasteiger partial charge in [0.05, 0.1) is 18.1 Å². The minimum absolute atomic E-state index is 0.00145. The standard InChI is InChI=1S/C30H41FN4O4/c1-20-7-4-5-16-38-30(3)12-14-34(15-13-30)29-25(19-28(36)37)21(2)32-27-18-24(33-35(27)29)9-6-8-22-10-11-23(31)17-26(22)39-20/h10-11,17-18,20,24,33H,4-9,12-16,19H2,1-3H3,(H,36,37). The molecule has 1 fully saturated rings. The van der Waals surface area contributed by atoms with Crippen molar-refractivity contribution in [1.29, 1.82) is 0 Å². The average molecular weight is 541 g/mol. The van der Waals surface area contributed by atoms with Gasteiger partial charge in [-0.05, 0) is 89.8 Å². The number of aryl methyl sites for hydroxylation is 1. The highest BCUT2D eigenvalue weighted by atomic mass is 19.1. The highest BCUT2D eigenvalue weighted by Gasteiger charge is 2.39. The van der Waals surface area contributed by atoms with Gasteiger partial charge in [-0.1, -0.05) is 6.07 Å². The van der Waals surface area contributed by atoms with Crippen molar-refractivity contribution in [2.24, 2.45) is 4.99 Å². The molecule has 9 heteroatoms. The lowest BCUT2D eigenvalue weighted by atomic mass is 9.92. The van der Waals surface area contributed by atoms with Crippen LogP contribution in [0.3, 0.4) is 0 Å². The molecule has 212 valence electrons. The molecule has 1 aromatic carbocycles. The fourth-order valence-electron chi connectivity index (χ4n) is 5.98. The van der Waals surface area contributed by atoms with Crippen molar-refractivity contribution in [3.8, 4) is 5.75 Å². The number of carboxylic acids is 1. The molecule has 0 aliphatic carbocycles. The van der Waals surface area contributed by atoms with Crippen LogP contribution in [0.2, 0.25) is 0 Å². The molecule has 0 aromatic heterocycles. The predicted octanol–water partition coefficient (Wildman–Crippen LogP) is 5.16. The molecule has 5 aliphatic heterocycles. The Labute approximate surface area is 230 Å². The number of rotatable bonds is 2. The minimum Gasteiger partial charge on any atom is -0.490 e. The Bertz CT molecular complexity index is 1170. The molecule has 4 bridgehead atoms. The molecule has 2 unspecified atom stereocenters. The predicted molar refractivity (Wildman–Crippen MR) is 148 cm³/mol. The highest BCUT2D eigenvalue weighted by molar-refractivity contribution is 6.03. The number of halogens is 1. The zero-order valence-electron chi connectivity index (χ0n) is 23.3. The van der Waals surface area contributed by atoms with Gasteiger partial charge in [0.15, 0.2) is 0 Å². The first-order valence-corrected chi connectivity index (χ1v) is 14.3. The minimum atomic E-state index is -0.863. The topological polar surface area (TPSA) is 86.6 Å². The van der Waals surface area contributed by atoms with Crippen molar-refractivity contribution >= 4 is 11.7 Å². The molecule has 5 aliphatic rings. The molecule has 0 radical (unpaired) electrons. The number of hydrogen-bond acceptors (Lipinski definition) is 7. The number of carboxylic acid groups (broad SMARTS) is 1. The second-order valence-electron chi connectivity index (χ2n) is 11.5. The number of aliphatic carboxylic acids is 1. The van der Waals surface area contributed by atoms with Crippen LogP contribution in [0.1, 0.15) is 77.7 Å². The summed E-state index contributed by atoms with van der Waals surface area (Å²) in [6.07, 6.45) is 9.12. The lowest BCUT2D eigenvalue weighted by Crippen LogP contribution is -2.50. The lowest BCUT2D eigenvalue weighted by molar-refractivity contribution is -0.136. The van der Waals surface area contributed by atoms with E-state index in [4.69, 9.17) is 14.5 Å². The molecule has 1 aromatic rings. The van der Waals surface area contributed by atoms with Crippen LogP contribution in [-0.4, -0.2) is 64.1 Å². The monoisotopic (exact) mass is 540 g/mol. The Morgan fingerprint density at radius 1 is 1.23 bits per heavy atom. The summed E-state index contributed by atoms with van der Waals surface area (Å²) in [7, 11) is 0. The molecule has 8 nitrogen and oxygen atoms in total. The van der Waals surface area contributed by atoms with Gasteiger partial charge < -0.3 is 19.5 Å². The van der Waals surface area contributed by atoms with E-state index in [1.165, 1.54) is 12.1 Å². The van der Waals surface area contributed by atoms with E-state index in [9.17, 15) is 14.3 Å². The fraction of sp³-hybridized carbons (Fsp3) is 0.600. The third-order valence-corrected chi connectivity index (χ3v) is 8.30. The van der Waals surface area contributed by atoms with Gasteiger partial charge in [0, 0.05) is 43.1 Å². The first-order chi connectivity index (χ1) is 18.7. The summed E-state index contributed by atoms with van der Waals surface area (Å²) < 4.78 is 26.7. The van der Waals surface area contributed by atoms with E-state index < -0.39 is 5.97 Å². The normalized spacial score (nSPS) is 28.4. The maximum Gasteiger partial charge on any atom is 0.308 e. The number of nitrogens with one attached hydrogen (secondary N) is 1.